The average Bonchev–Trinajstić information content (AvgIpc) is 2.69. The van der Waals surface area contributed by atoms with Gasteiger partial charge in [-0.1, -0.05) is 84.9 Å². The molecule has 0 saturated carbocycles. The summed E-state index contributed by atoms with van der Waals surface area (Å²) in [4.78, 5) is 12.5. The van der Waals surface area contributed by atoms with E-state index in [0.29, 0.717) is 5.56 Å². The zero-order valence-corrected chi connectivity index (χ0v) is 14.8. The summed E-state index contributed by atoms with van der Waals surface area (Å²) in [5.41, 5.74) is 12.1. The zero-order valence-electron chi connectivity index (χ0n) is 14.8. The SMILES string of the molecule is C=Cc1ccccc1C(=O)CNNc1ccccc1-c1ccc(C)cc1. The third-order valence-corrected chi connectivity index (χ3v) is 4.24. The number of hydrazine groups is 1. The summed E-state index contributed by atoms with van der Waals surface area (Å²) < 4.78 is 0. The molecule has 0 atom stereocenters. The number of benzene rings is 3. The number of rotatable bonds is 7. The lowest BCUT2D eigenvalue weighted by molar-refractivity contribution is 0.0993. The molecule has 0 aromatic heterocycles. The molecule has 26 heavy (non-hydrogen) atoms. The summed E-state index contributed by atoms with van der Waals surface area (Å²) in [5, 5.41) is 0. The molecule has 2 N–H and O–H groups in total. The average molecular weight is 342 g/mol. The molecular weight excluding hydrogens is 320 g/mol. The van der Waals surface area contributed by atoms with Crippen molar-refractivity contribution in [3.8, 4) is 11.1 Å². The van der Waals surface area contributed by atoms with Crippen molar-refractivity contribution in [1.29, 1.82) is 0 Å². The molecule has 0 amide bonds. The number of hydrogen-bond donors (Lipinski definition) is 2. The van der Waals surface area contributed by atoms with E-state index in [-0.39, 0.29) is 12.3 Å². The van der Waals surface area contributed by atoms with Crippen molar-refractivity contribution in [3.05, 3.63) is 96.1 Å². The topological polar surface area (TPSA) is 41.1 Å². The van der Waals surface area contributed by atoms with Gasteiger partial charge in [-0.25, -0.2) is 5.43 Å². The highest BCUT2D eigenvalue weighted by Crippen LogP contribution is 2.27. The van der Waals surface area contributed by atoms with Gasteiger partial charge in [0.15, 0.2) is 5.78 Å². The van der Waals surface area contributed by atoms with Gasteiger partial charge in [0.1, 0.15) is 0 Å². The van der Waals surface area contributed by atoms with Gasteiger partial charge in [-0.15, -0.1) is 0 Å². The van der Waals surface area contributed by atoms with Crippen LogP contribution in [0.1, 0.15) is 21.5 Å². The van der Waals surface area contributed by atoms with E-state index in [1.165, 1.54) is 5.56 Å². The first-order chi connectivity index (χ1) is 12.7. The summed E-state index contributed by atoms with van der Waals surface area (Å²) in [6.45, 7) is 6.02. The van der Waals surface area contributed by atoms with E-state index in [9.17, 15) is 4.79 Å². The Bertz CT molecular complexity index is 914. The van der Waals surface area contributed by atoms with Crippen LogP contribution in [-0.2, 0) is 0 Å². The highest BCUT2D eigenvalue weighted by molar-refractivity contribution is 6.00. The van der Waals surface area contributed by atoms with Crippen LogP contribution in [0.5, 0.6) is 0 Å². The molecular formula is C23H22N2O. The van der Waals surface area contributed by atoms with Crippen molar-refractivity contribution in [2.45, 2.75) is 6.92 Å². The second kappa shape index (κ2) is 8.28. The molecule has 0 aliphatic carbocycles. The Balaban J connectivity index is 1.70. The molecule has 0 aliphatic heterocycles. The number of nitrogens with one attached hydrogen (secondary N) is 2. The molecule has 0 unspecified atom stereocenters. The molecule has 3 nitrogen and oxygen atoms in total. The first kappa shape index (κ1) is 17.6. The van der Waals surface area contributed by atoms with Crippen LogP contribution in [0, 0.1) is 6.92 Å². The fraction of sp³-hybridized carbons (Fsp3) is 0.0870. The molecule has 3 rings (SSSR count). The Kier molecular flexibility index (Phi) is 5.62. The van der Waals surface area contributed by atoms with Gasteiger partial charge in [0, 0.05) is 11.1 Å². The second-order valence-electron chi connectivity index (χ2n) is 6.10. The van der Waals surface area contributed by atoms with E-state index in [2.05, 4.69) is 54.7 Å². The number of carbonyl (C=O) groups excluding carboxylic acids is 1. The summed E-state index contributed by atoms with van der Waals surface area (Å²) in [5.74, 6) is 0.0146. The monoisotopic (exact) mass is 342 g/mol. The quantitative estimate of drug-likeness (QED) is 0.463. The van der Waals surface area contributed by atoms with Crippen molar-refractivity contribution in [3.63, 3.8) is 0 Å². The predicted octanol–water partition coefficient (Wildman–Crippen LogP) is 5.10. The van der Waals surface area contributed by atoms with Crippen molar-refractivity contribution in [1.82, 2.24) is 5.43 Å². The third-order valence-electron chi connectivity index (χ3n) is 4.24. The van der Waals surface area contributed by atoms with Crippen LogP contribution in [0.2, 0.25) is 0 Å². The maximum Gasteiger partial charge on any atom is 0.179 e. The van der Waals surface area contributed by atoms with Crippen LogP contribution < -0.4 is 10.9 Å². The summed E-state index contributed by atoms with van der Waals surface area (Å²) >= 11 is 0. The van der Waals surface area contributed by atoms with Crippen molar-refractivity contribution in [2.24, 2.45) is 0 Å². The fourth-order valence-electron chi connectivity index (χ4n) is 2.82. The van der Waals surface area contributed by atoms with Crippen LogP contribution in [0.4, 0.5) is 5.69 Å². The van der Waals surface area contributed by atoms with Gasteiger partial charge in [-0.05, 0) is 24.1 Å². The Hall–Kier alpha value is -3.17. The number of carbonyl (C=O) groups is 1. The number of Topliss-reactive ketones (excluding diaryl/α,β-unsaturated/α-hetero) is 1. The molecule has 3 aromatic rings. The number of para-hydroxylation sites is 1. The Labute approximate surface area is 154 Å². The van der Waals surface area contributed by atoms with Gasteiger partial charge >= 0.3 is 0 Å². The molecule has 0 radical (unpaired) electrons. The van der Waals surface area contributed by atoms with Gasteiger partial charge in [-0.3, -0.25) is 4.79 Å². The number of aryl methyl sites for hydroxylation is 1. The maximum atomic E-state index is 12.5. The number of ketones is 1. The highest BCUT2D eigenvalue weighted by Gasteiger charge is 2.09. The smallest absolute Gasteiger partial charge is 0.179 e. The lowest BCUT2D eigenvalue weighted by Gasteiger charge is -2.13. The molecule has 0 fully saturated rings. The molecule has 0 heterocycles. The predicted molar refractivity (Wildman–Crippen MR) is 109 cm³/mol. The summed E-state index contributed by atoms with van der Waals surface area (Å²) in [6.07, 6.45) is 1.70. The van der Waals surface area contributed by atoms with E-state index < -0.39 is 0 Å². The molecule has 0 aliphatic rings. The fourth-order valence-corrected chi connectivity index (χ4v) is 2.82. The highest BCUT2D eigenvalue weighted by atomic mass is 16.1. The Morgan fingerprint density at radius 3 is 2.42 bits per heavy atom. The van der Waals surface area contributed by atoms with Crippen LogP contribution in [-0.4, -0.2) is 12.3 Å². The number of hydrogen-bond acceptors (Lipinski definition) is 3. The van der Waals surface area contributed by atoms with E-state index in [1.54, 1.807) is 6.08 Å². The first-order valence-electron chi connectivity index (χ1n) is 8.58. The van der Waals surface area contributed by atoms with Gasteiger partial charge < -0.3 is 5.43 Å². The number of anilines is 1. The normalized spacial score (nSPS) is 10.3. The molecule has 0 bridgehead atoms. The zero-order chi connectivity index (χ0) is 18.4. The largest absolute Gasteiger partial charge is 0.320 e. The van der Waals surface area contributed by atoms with Gasteiger partial charge in [0.2, 0.25) is 0 Å². The molecule has 130 valence electrons. The van der Waals surface area contributed by atoms with E-state index in [4.69, 9.17) is 0 Å². The van der Waals surface area contributed by atoms with Crippen molar-refractivity contribution >= 4 is 17.5 Å². The van der Waals surface area contributed by atoms with E-state index >= 15 is 0 Å². The Morgan fingerprint density at radius 1 is 0.962 bits per heavy atom. The summed E-state index contributed by atoms with van der Waals surface area (Å²) in [6, 6.07) is 23.9. The first-order valence-corrected chi connectivity index (χ1v) is 8.58. The van der Waals surface area contributed by atoms with Gasteiger partial charge in [0.05, 0.1) is 12.2 Å². The Morgan fingerprint density at radius 2 is 1.65 bits per heavy atom. The molecule has 0 saturated heterocycles. The van der Waals surface area contributed by atoms with E-state index in [1.807, 2.05) is 42.5 Å². The summed E-state index contributed by atoms with van der Waals surface area (Å²) in [7, 11) is 0. The standard InChI is InChI=1S/C23H22N2O/c1-3-18-8-4-5-10-21(18)23(26)16-24-25-22-11-7-6-9-20(22)19-14-12-17(2)13-15-19/h3-15,24-25H,1,16H2,2H3. The van der Waals surface area contributed by atoms with Crippen LogP contribution >= 0.6 is 0 Å². The van der Waals surface area contributed by atoms with Crippen LogP contribution in [0.25, 0.3) is 17.2 Å². The lowest BCUT2D eigenvalue weighted by atomic mass is 10.0. The van der Waals surface area contributed by atoms with Gasteiger partial charge in [-0.2, -0.15) is 0 Å². The molecule has 3 heteroatoms. The van der Waals surface area contributed by atoms with Crippen LogP contribution in [0.3, 0.4) is 0 Å². The minimum atomic E-state index is 0.0146. The van der Waals surface area contributed by atoms with Crippen LogP contribution in [0.15, 0.2) is 79.4 Å². The molecule has 3 aromatic carbocycles. The van der Waals surface area contributed by atoms with Crippen molar-refractivity contribution < 1.29 is 4.79 Å². The lowest BCUT2D eigenvalue weighted by Crippen LogP contribution is -2.29. The minimum Gasteiger partial charge on any atom is -0.320 e. The van der Waals surface area contributed by atoms with Crippen molar-refractivity contribution in [2.75, 3.05) is 12.0 Å². The van der Waals surface area contributed by atoms with Gasteiger partial charge in [0.25, 0.3) is 0 Å². The van der Waals surface area contributed by atoms with E-state index in [0.717, 1.165) is 22.4 Å². The molecule has 0 spiro atoms. The maximum absolute atomic E-state index is 12.5. The minimum absolute atomic E-state index is 0.0146. The second-order valence-corrected chi connectivity index (χ2v) is 6.10. The third kappa shape index (κ3) is 4.08.